The van der Waals surface area contributed by atoms with Crippen LogP contribution in [0.3, 0.4) is 0 Å². The number of ether oxygens (including phenoxy) is 1. The summed E-state index contributed by atoms with van der Waals surface area (Å²) in [4.78, 5) is 11.6. The van der Waals surface area contributed by atoms with Gasteiger partial charge in [-0.2, -0.15) is 0 Å². The van der Waals surface area contributed by atoms with Gasteiger partial charge >= 0.3 is 6.09 Å². The number of nitrogens with one attached hydrogen (secondary N) is 2. The number of hydrogen-bond donors (Lipinski definition) is 2. The minimum Gasteiger partial charge on any atom is -0.444 e. The Kier molecular flexibility index (Phi) is 5.45. The van der Waals surface area contributed by atoms with Gasteiger partial charge in [-0.05, 0) is 67.2 Å². The van der Waals surface area contributed by atoms with Crippen LogP contribution in [-0.2, 0) is 11.3 Å². The molecule has 0 saturated heterocycles. The highest BCUT2D eigenvalue weighted by molar-refractivity contribution is 9.10. The summed E-state index contributed by atoms with van der Waals surface area (Å²) >= 11 is 3.14. The van der Waals surface area contributed by atoms with E-state index in [-0.39, 0.29) is 18.0 Å². The molecule has 1 aromatic rings. The highest BCUT2D eigenvalue weighted by atomic mass is 79.9. The lowest BCUT2D eigenvalue weighted by atomic mass is 9.87. The van der Waals surface area contributed by atoms with Crippen molar-refractivity contribution in [3.8, 4) is 0 Å². The molecule has 1 aliphatic carbocycles. The summed E-state index contributed by atoms with van der Waals surface area (Å²) in [5.41, 5.74) is 0.432. The summed E-state index contributed by atoms with van der Waals surface area (Å²) in [6, 6.07) is 5.60. The Bertz CT molecular complexity index is 539. The quantitative estimate of drug-likeness (QED) is 0.846. The Labute approximate surface area is 138 Å². The van der Waals surface area contributed by atoms with E-state index in [0.717, 1.165) is 18.4 Å². The first-order valence-corrected chi connectivity index (χ1v) is 8.19. The van der Waals surface area contributed by atoms with Crippen molar-refractivity contribution in [2.24, 2.45) is 0 Å². The third-order valence-electron chi connectivity index (χ3n) is 3.44. The lowest BCUT2D eigenvalue weighted by molar-refractivity contribution is 0.0465. The number of benzene rings is 1. The van der Waals surface area contributed by atoms with E-state index in [0.29, 0.717) is 17.1 Å². The monoisotopic (exact) mass is 372 g/mol. The Morgan fingerprint density at radius 3 is 2.64 bits per heavy atom. The first kappa shape index (κ1) is 17.2. The van der Waals surface area contributed by atoms with E-state index in [2.05, 4.69) is 26.6 Å². The van der Waals surface area contributed by atoms with Gasteiger partial charge in [0, 0.05) is 18.6 Å². The number of rotatable bonds is 4. The molecule has 1 aliphatic rings. The van der Waals surface area contributed by atoms with E-state index < -0.39 is 5.60 Å². The fourth-order valence-electron chi connectivity index (χ4n) is 2.29. The van der Waals surface area contributed by atoms with E-state index >= 15 is 0 Å². The molecule has 0 atom stereocenters. The van der Waals surface area contributed by atoms with Crippen molar-refractivity contribution in [3.05, 3.63) is 34.1 Å². The van der Waals surface area contributed by atoms with Crippen molar-refractivity contribution in [2.75, 3.05) is 0 Å². The normalized spacial score (nSPS) is 21.1. The second-order valence-corrected chi connectivity index (χ2v) is 7.50. The molecule has 0 radical (unpaired) electrons. The van der Waals surface area contributed by atoms with E-state index in [1.54, 1.807) is 6.07 Å². The van der Waals surface area contributed by atoms with Crippen LogP contribution in [0.25, 0.3) is 0 Å². The average molecular weight is 373 g/mol. The van der Waals surface area contributed by atoms with E-state index in [1.165, 1.54) is 6.07 Å². The summed E-state index contributed by atoms with van der Waals surface area (Å²) in [6.07, 6.45) is 1.35. The molecule has 0 bridgehead atoms. The SMILES string of the molecule is CC(C)(C)OC(=O)NC1CC(NCc2ccc(Br)c(F)c2)C1. The summed E-state index contributed by atoms with van der Waals surface area (Å²) in [6.45, 7) is 6.15. The molecule has 0 aromatic heterocycles. The van der Waals surface area contributed by atoms with Gasteiger partial charge in [0.1, 0.15) is 11.4 Å². The molecule has 0 heterocycles. The molecule has 122 valence electrons. The molecule has 2 N–H and O–H groups in total. The fraction of sp³-hybridized carbons (Fsp3) is 0.562. The molecule has 6 heteroatoms. The Morgan fingerprint density at radius 1 is 1.36 bits per heavy atom. The highest BCUT2D eigenvalue weighted by Crippen LogP contribution is 2.22. The zero-order valence-electron chi connectivity index (χ0n) is 13.1. The van der Waals surface area contributed by atoms with Crippen LogP contribution in [0.2, 0.25) is 0 Å². The van der Waals surface area contributed by atoms with Gasteiger partial charge in [-0.15, -0.1) is 0 Å². The molecule has 2 rings (SSSR count). The maximum atomic E-state index is 13.4. The smallest absolute Gasteiger partial charge is 0.407 e. The number of alkyl carbamates (subject to hydrolysis) is 1. The van der Waals surface area contributed by atoms with Crippen LogP contribution in [-0.4, -0.2) is 23.8 Å². The molecule has 1 aromatic carbocycles. The van der Waals surface area contributed by atoms with Gasteiger partial charge in [0.05, 0.1) is 4.47 Å². The van der Waals surface area contributed by atoms with Gasteiger partial charge in [0.25, 0.3) is 0 Å². The van der Waals surface area contributed by atoms with Gasteiger partial charge in [-0.1, -0.05) is 6.07 Å². The molecule has 0 aliphatic heterocycles. The van der Waals surface area contributed by atoms with E-state index in [1.807, 2.05) is 26.8 Å². The third-order valence-corrected chi connectivity index (χ3v) is 4.08. The van der Waals surface area contributed by atoms with Crippen LogP contribution in [0.1, 0.15) is 39.2 Å². The fourth-order valence-corrected chi connectivity index (χ4v) is 2.54. The predicted octanol–water partition coefficient (Wildman–Crippen LogP) is 3.73. The van der Waals surface area contributed by atoms with Crippen LogP contribution in [0, 0.1) is 5.82 Å². The molecule has 22 heavy (non-hydrogen) atoms. The van der Waals surface area contributed by atoms with E-state index in [9.17, 15) is 9.18 Å². The van der Waals surface area contributed by atoms with Gasteiger partial charge in [-0.25, -0.2) is 9.18 Å². The van der Waals surface area contributed by atoms with Crippen LogP contribution in [0.4, 0.5) is 9.18 Å². The lowest BCUT2D eigenvalue weighted by Crippen LogP contribution is -2.52. The first-order chi connectivity index (χ1) is 10.2. The topological polar surface area (TPSA) is 50.4 Å². The van der Waals surface area contributed by atoms with Crippen molar-refractivity contribution in [1.82, 2.24) is 10.6 Å². The second-order valence-electron chi connectivity index (χ2n) is 6.64. The molecular formula is C16H22BrFN2O2. The summed E-state index contributed by atoms with van der Waals surface area (Å²) in [7, 11) is 0. The maximum absolute atomic E-state index is 13.4. The lowest BCUT2D eigenvalue weighted by Gasteiger charge is -2.36. The third kappa shape index (κ3) is 5.25. The van der Waals surface area contributed by atoms with Crippen molar-refractivity contribution >= 4 is 22.0 Å². The minimum absolute atomic E-state index is 0.147. The average Bonchev–Trinajstić information content (AvgIpc) is 2.33. The maximum Gasteiger partial charge on any atom is 0.407 e. The number of hydrogen-bond acceptors (Lipinski definition) is 3. The molecule has 1 amide bonds. The van der Waals surface area contributed by atoms with Gasteiger partial charge in [-0.3, -0.25) is 0 Å². The second kappa shape index (κ2) is 6.96. The molecular weight excluding hydrogens is 351 g/mol. The van der Waals surface area contributed by atoms with Crippen LogP contribution >= 0.6 is 15.9 Å². The van der Waals surface area contributed by atoms with Crippen molar-refractivity contribution < 1.29 is 13.9 Å². The zero-order chi connectivity index (χ0) is 16.3. The molecule has 1 fully saturated rings. The number of amides is 1. The summed E-state index contributed by atoms with van der Waals surface area (Å²) < 4.78 is 19.1. The minimum atomic E-state index is -0.475. The molecule has 0 unspecified atom stereocenters. The number of halogens is 2. The predicted molar refractivity (Wildman–Crippen MR) is 87.1 cm³/mol. The first-order valence-electron chi connectivity index (χ1n) is 7.40. The Hall–Kier alpha value is -1.14. The van der Waals surface area contributed by atoms with Crippen molar-refractivity contribution in [1.29, 1.82) is 0 Å². The molecule has 0 spiro atoms. The van der Waals surface area contributed by atoms with Crippen LogP contribution in [0.5, 0.6) is 0 Å². The molecule has 4 nitrogen and oxygen atoms in total. The highest BCUT2D eigenvalue weighted by Gasteiger charge is 2.31. The van der Waals surface area contributed by atoms with Gasteiger partial charge in [0.2, 0.25) is 0 Å². The van der Waals surface area contributed by atoms with E-state index in [4.69, 9.17) is 4.74 Å². The molecule has 1 saturated carbocycles. The number of carbonyl (C=O) groups is 1. The largest absolute Gasteiger partial charge is 0.444 e. The van der Waals surface area contributed by atoms with Crippen molar-refractivity contribution in [3.63, 3.8) is 0 Å². The van der Waals surface area contributed by atoms with Crippen molar-refractivity contribution in [2.45, 2.75) is 57.8 Å². The summed E-state index contributed by atoms with van der Waals surface area (Å²) in [5.74, 6) is -0.252. The van der Waals surface area contributed by atoms with Gasteiger partial charge in [0.15, 0.2) is 0 Å². The summed E-state index contributed by atoms with van der Waals surface area (Å²) in [5, 5.41) is 6.21. The van der Waals surface area contributed by atoms with Gasteiger partial charge < -0.3 is 15.4 Å². The number of carbonyl (C=O) groups excluding carboxylic acids is 1. The standard InChI is InChI=1S/C16H22BrFN2O2/c1-16(2,3)22-15(21)20-12-7-11(8-12)19-9-10-4-5-13(17)14(18)6-10/h4-6,11-12,19H,7-9H2,1-3H3,(H,20,21). The Balaban J connectivity index is 1.67. The van der Waals surface area contributed by atoms with Crippen LogP contribution < -0.4 is 10.6 Å². The zero-order valence-corrected chi connectivity index (χ0v) is 14.7. The van der Waals surface area contributed by atoms with Crippen LogP contribution in [0.15, 0.2) is 22.7 Å². The Morgan fingerprint density at radius 2 is 2.05 bits per heavy atom.